The minimum Gasteiger partial charge on any atom is -0.481 e. The zero-order valence-corrected chi connectivity index (χ0v) is 38.8. The summed E-state index contributed by atoms with van der Waals surface area (Å²) in [4.78, 5) is 57.9. The van der Waals surface area contributed by atoms with Crippen molar-refractivity contribution in [2.75, 3.05) is 25.6 Å². The van der Waals surface area contributed by atoms with Crippen LogP contribution >= 0.6 is 19.6 Å². The number of allylic oxidation sites excluding steroid dienone is 9. The second-order valence-electron chi connectivity index (χ2n) is 15.0. The number of unbranched alkanes of at least 4 members (excludes halogenated alkanes) is 12. The maximum Gasteiger partial charge on any atom is 0.472 e. The summed E-state index contributed by atoms with van der Waals surface area (Å²) in [5.41, 5.74) is 11.5. The number of ether oxygens (including phenoxy) is 2. The summed E-state index contributed by atoms with van der Waals surface area (Å²) in [5.74, 6) is -4.03. The molecule has 0 rings (SSSR count). The Hall–Kier alpha value is -3.08. The first-order valence-corrected chi connectivity index (χ1v) is 24.8. The predicted molar refractivity (Wildman–Crippen MR) is 245 cm³/mol. The second kappa shape index (κ2) is 39.5. The van der Waals surface area contributed by atoms with Crippen molar-refractivity contribution in [3.05, 3.63) is 60.8 Å². The van der Waals surface area contributed by atoms with Crippen molar-refractivity contribution < 1.29 is 62.5 Å². The molecule has 0 aromatic heterocycles. The number of carboxylic acid groups (broad SMARTS) is 2. The smallest absolute Gasteiger partial charge is 0.472 e. The van der Waals surface area contributed by atoms with E-state index < -0.39 is 81.1 Å². The van der Waals surface area contributed by atoms with E-state index >= 15 is 0 Å². The molecule has 0 aliphatic carbocycles. The molecule has 0 aliphatic rings. The number of phosphoric acid groups is 1. The number of phosphoric ester groups is 1. The molecule has 0 aliphatic heterocycles. The molecule has 8 N–H and O–H groups in total. The highest BCUT2D eigenvalue weighted by molar-refractivity contribution is 8.00. The summed E-state index contributed by atoms with van der Waals surface area (Å²) in [6.45, 7) is 2.22. The molecule has 0 fully saturated rings. The number of aliphatic carboxylic acids is 2. The van der Waals surface area contributed by atoms with E-state index in [1.807, 2.05) is 18.2 Å². The van der Waals surface area contributed by atoms with Crippen molar-refractivity contribution >= 4 is 43.5 Å². The van der Waals surface area contributed by atoms with Crippen molar-refractivity contribution in [2.24, 2.45) is 11.5 Å². The van der Waals surface area contributed by atoms with Gasteiger partial charge >= 0.3 is 31.7 Å². The SMILES string of the molecule is CCCCC/C=C\C\C=C/C=C/C=C/[C@@H](SC[C@H](N)C(=O)O[C@H](COC(=O)CCCCCCC/C=C\CCCCCC)COP(=O)(O)OC[C@H](N)C(=O)O)[C@@H](O)CCCC(=O)O. The molecule has 0 aromatic carbocycles. The zero-order valence-electron chi connectivity index (χ0n) is 37.1. The first kappa shape index (κ1) is 58.9. The van der Waals surface area contributed by atoms with Crippen molar-refractivity contribution in [2.45, 2.75) is 172 Å². The maximum atomic E-state index is 13.1. The van der Waals surface area contributed by atoms with Crippen LogP contribution in [0.3, 0.4) is 0 Å². The van der Waals surface area contributed by atoms with Crippen LogP contribution in [-0.4, -0.2) is 99.2 Å². The highest BCUT2D eigenvalue weighted by atomic mass is 32.2. The molecule has 1 unspecified atom stereocenters. The van der Waals surface area contributed by atoms with Crippen LogP contribution in [0.15, 0.2) is 60.8 Å². The minimum atomic E-state index is -4.88. The van der Waals surface area contributed by atoms with Gasteiger partial charge in [-0.2, -0.15) is 0 Å². The van der Waals surface area contributed by atoms with Gasteiger partial charge in [0.1, 0.15) is 18.7 Å². The van der Waals surface area contributed by atoms with Gasteiger partial charge in [-0.05, 0) is 64.2 Å². The number of nitrogens with two attached hydrogens (primary N) is 2. The Morgan fingerprint density at radius 1 is 0.677 bits per heavy atom. The van der Waals surface area contributed by atoms with Crippen LogP contribution < -0.4 is 11.5 Å². The van der Waals surface area contributed by atoms with Gasteiger partial charge in [-0.15, -0.1) is 11.8 Å². The average molecular weight is 917 g/mol. The Morgan fingerprint density at radius 3 is 1.92 bits per heavy atom. The summed E-state index contributed by atoms with van der Waals surface area (Å²) >= 11 is 1.15. The van der Waals surface area contributed by atoms with Crippen LogP contribution in [0.5, 0.6) is 0 Å². The molecule has 0 radical (unpaired) electrons. The Bertz CT molecular complexity index is 1410. The van der Waals surface area contributed by atoms with Gasteiger partial charge < -0.3 is 41.2 Å². The predicted octanol–water partition coefficient (Wildman–Crippen LogP) is 8.48. The number of carbonyl (C=O) groups is 4. The van der Waals surface area contributed by atoms with Crippen LogP contribution in [-0.2, 0) is 42.3 Å². The molecule has 0 saturated carbocycles. The first-order valence-electron chi connectivity index (χ1n) is 22.3. The van der Waals surface area contributed by atoms with E-state index in [-0.39, 0.29) is 31.4 Å². The van der Waals surface area contributed by atoms with Crippen LogP contribution in [0.4, 0.5) is 0 Å². The van der Waals surface area contributed by atoms with Gasteiger partial charge in [-0.3, -0.25) is 28.2 Å². The van der Waals surface area contributed by atoms with E-state index in [9.17, 15) is 33.7 Å². The fourth-order valence-electron chi connectivity index (χ4n) is 5.54. The lowest BCUT2D eigenvalue weighted by molar-refractivity contribution is -0.161. The van der Waals surface area contributed by atoms with E-state index in [0.29, 0.717) is 6.42 Å². The molecule has 0 saturated heterocycles. The van der Waals surface area contributed by atoms with Crippen molar-refractivity contribution in [3.8, 4) is 0 Å². The van der Waals surface area contributed by atoms with Gasteiger partial charge in [0.25, 0.3) is 0 Å². The van der Waals surface area contributed by atoms with Crippen LogP contribution in [0.2, 0.25) is 0 Å². The monoisotopic (exact) mass is 916 g/mol. The Kier molecular flexibility index (Phi) is 37.5. The third kappa shape index (κ3) is 36.4. The fraction of sp³-hybridized carbons (Fsp3) is 0.689. The molecule has 6 atom stereocenters. The number of hydrogen-bond acceptors (Lipinski definition) is 13. The molecule has 0 bridgehead atoms. The third-order valence-electron chi connectivity index (χ3n) is 9.24. The van der Waals surface area contributed by atoms with E-state index in [4.69, 9.17) is 35.7 Å². The number of hydrogen-bond donors (Lipinski definition) is 6. The molecule has 0 amide bonds. The molecule has 0 aromatic rings. The zero-order chi connectivity index (χ0) is 46.3. The fourth-order valence-corrected chi connectivity index (χ4v) is 7.44. The summed E-state index contributed by atoms with van der Waals surface area (Å²) in [6, 6.07) is -2.87. The normalized spacial score (nSPS) is 15.6. The lowest BCUT2D eigenvalue weighted by Crippen LogP contribution is -2.40. The van der Waals surface area contributed by atoms with E-state index in [1.54, 1.807) is 18.2 Å². The quantitative estimate of drug-likeness (QED) is 0.0110. The average Bonchev–Trinajstić information content (AvgIpc) is 3.23. The van der Waals surface area contributed by atoms with Crippen molar-refractivity contribution in [3.63, 3.8) is 0 Å². The number of rotatable bonds is 41. The van der Waals surface area contributed by atoms with Gasteiger partial charge in [-0.1, -0.05) is 126 Å². The summed E-state index contributed by atoms with van der Waals surface area (Å²) in [6.07, 6.45) is 34.9. The highest BCUT2D eigenvalue weighted by Gasteiger charge is 2.30. The largest absolute Gasteiger partial charge is 0.481 e. The molecule has 356 valence electrons. The Balaban J connectivity index is 5.35. The molecule has 17 heteroatoms. The first-order chi connectivity index (χ1) is 29.7. The lowest BCUT2D eigenvalue weighted by Gasteiger charge is -2.23. The minimum absolute atomic E-state index is 0.0462. The third-order valence-corrected chi connectivity index (χ3v) is 11.6. The molecule has 0 spiro atoms. The van der Waals surface area contributed by atoms with Crippen LogP contribution in [0, 0.1) is 0 Å². The maximum absolute atomic E-state index is 13.1. The standard InChI is InChI=1S/C45H77N2O13PS/c1-3-5-7-9-11-13-15-17-19-21-23-25-27-32-43(51)57-33-37(34-58-61(55,56)59-35-38(46)44(52)53)60-45(54)39(47)36-62-41(40(48)29-28-31-42(49)50)30-26-24-22-20-18-16-14-12-10-8-6-4-2/h12-15,18,20,22,24,26,30,37-41,48H,3-11,16-17,19,21,23,25,27-29,31-36,46-47H2,1-2H3,(H,49,50)(H,52,53)(H,55,56)/b14-12-,15-13-,20-18-,24-22+,30-26+/t37-,38+,39+,40+,41-/m1/s1. The molecule has 62 heavy (non-hydrogen) atoms. The summed E-state index contributed by atoms with van der Waals surface area (Å²) in [5, 5.41) is 28.3. The Labute approximate surface area is 374 Å². The van der Waals surface area contributed by atoms with E-state index in [1.165, 1.54) is 44.9 Å². The second-order valence-corrected chi connectivity index (χ2v) is 17.7. The number of carbonyl (C=O) groups excluding carboxylic acids is 2. The Morgan fingerprint density at radius 2 is 1.26 bits per heavy atom. The molecular weight excluding hydrogens is 840 g/mol. The number of carboxylic acids is 2. The van der Waals surface area contributed by atoms with E-state index in [0.717, 1.165) is 63.1 Å². The topological polar surface area (TPSA) is 255 Å². The molecule has 15 nitrogen and oxygen atoms in total. The van der Waals surface area contributed by atoms with Gasteiger partial charge in [0, 0.05) is 23.8 Å². The summed E-state index contributed by atoms with van der Waals surface area (Å²) < 4.78 is 32.8. The highest BCUT2D eigenvalue weighted by Crippen LogP contribution is 2.43. The summed E-state index contributed by atoms with van der Waals surface area (Å²) in [7, 11) is -4.88. The van der Waals surface area contributed by atoms with Crippen LogP contribution in [0.25, 0.3) is 0 Å². The number of esters is 2. The number of aliphatic hydroxyl groups is 1. The van der Waals surface area contributed by atoms with Crippen LogP contribution in [0.1, 0.15) is 142 Å². The van der Waals surface area contributed by atoms with Gasteiger partial charge in [0.2, 0.25) is 0 Å². The van der Waals surface area contributed by atoms with Gasteiger partial charge in [-0.25, -0.2) is 4.57 Å². The molecular formula is C45H77N2O13PS. The number of thioether (sulfide) groups is 1. The van der Waals surface area contributed by atoms with Crippen molar-refractivity contribution in [1.29, 1.82) is 0 Å². The van der Waals surface area contributed by atoms with E-state index in [2.05, 4.69) is 42.7 Å². The van der Waals surface area contributed by atoms with Gasteiger partial charge in [0.15, 0.2) is 6.10 Å². The van der Waals surface area contributed by atoms with Crippen molar-refractivity contribution in [1.82, 2.24) is 0 Å². The number of aliphatic hydroxyl groups excluding tert-OH is 1. The lowest BCUT2D eigenvalue weighted by atomic mass is 10.1. The molecule has 0 heterocycles. The van der Waals surface area contributed by atoms with Gasteiger partial charge in [0.05, 0.1) is 19.3 Å².